The maximum absolute atomic E-state index is 12.7. The van der Waals surface area contributed by atoms with Crippen LogP contribution in [0.5, 0.6) is 0 Å². The van der Waals surface area contributed by atoms with Crippen LogP contribution in [0.1, 0.15) is 64.2 Å². The van der Waals surface area contributed by atoms with Gasteiger partial charge in [0.1, 0.15) is 11.3 Å². The van der Waals surface area contributed by atoms with E-state index in [-0.39, 0.29) is 23.7 Å². The van der Waals surface area contributed by atoms with Crippen LogP contribution < -0.4 is 10.6 Å². The first-order chi connectivity index (χ1) is 16.6. The number of carbonyl (C=O) groups excluding carboxylic acids is 2. The number of hydrogen-bond donors (Lipinski definition) is 3. The zero-order chi connectivity index (χ0) is 23.5. The third-order valence-electron chi connectivity index (χ3n) is 7.19. The normalized spacial score (nSPS) is 17.6. The number of nitrogens with one attached hydrogen (secondary N) is 3. The molecule has 2 fully saturated rings. The second-order valence-electron chi connectivity index (χ2n) is 9.67. The van der Waals surface area contributed by atoms with Gasteiger partial charge in [0.2, 0.25) is 11.8 Å². The highest BCUT2D eigenvalue weighted by Crippen LogP contribution is 2.31. The lowest BCUT2D eigenvalue weighted by Crippen LogP contribution is -2.24. The predicted molar refractivity (Wildman–Crippen MR) is 140 cm³/mol. The lowest BCUT2D eigenvalue weighted by atomic mass is 9.88. The molecule has 2 amide bonds. The van der Waals surface area contributed by atoms with E-state index >= 15 is 0 Å². The number of aromatic nitrogens is 2. The molecule has 1 heterocycles. The van der Waals surface area contributed by atoms with Gasteiger partial charge in [0, 0.05) is 33.2 Å². The molecule has 3 aromatic rings. The second kappa shape index (κ2) is 10.3. The highest BCUT2D eigenvalue weighted by Gasteiger charge is 2.22. The first kappa shape index (κ1) is 23.1. The van der Waals surface area contributed by atoms with E-state index in [1.807, 2.05) is 36.4 Å². The minimum atomic E-state index is 0.108. The molecular formula is C27H31BrN4O2. The molecule has 7 heteroatoms. The largest absolute Gasteiger partial charge is 0.338 e. The van der Waals surface area contributed by atoms with Crippen LogP contribution in [0.15, 0.2) is 40.9 Å². The third kappa shape index (κ3) is 5.19. The van der Waals surface area contributed by atoms with Crippen LogP contribution in [0.25, 0.3) is 22.4 Å². The zero-order valence-corrected chi connectivity index (χ0v) is 20.9. The van der Waals surface area contributed by atoms with Gasteiger partial charge in [0.25, 0.3) is 0 Å². The molecule has 2 saturated carbocycles. The highest BCUT2D eigenvalue weighted by molar-refractivity contribution is 9.10. The van der Waals surface area contributed by atoms with Crippen molar-refractivity contribution < 1.29 is 9.59 Å². The average Bonchev–Trinajstić information content (AvgIpc) is 3.30. The molecule has 3 N–H and O–H groups in total. The molecule has 34 heavy (non-hydrogen) atoms. The van der Waals surface area contributed by atoms with Gasteiger partial charge in [-0.1, -0.05) is 38.5 Å². The monoisotopic (exact) mass is 522 g/mol. The van der Waals surface area contributed by atoms with Crippen LogP contribution in [0.2, 0.25) is 0 Å². The molecule has 0 radical (unpaired) electrons. The summed E-state index contributed by atoms with van der Waals surface area (Å²) in [7, 11) is 0. The zero-order valence-electron chi connectivity index (χ0n) is 19.3. The number of H-pyrrole nitrogens is 1. The van der Waals surface area contributed by atoms with Gasteiger partial charge in [0.05, 0.1) is 5.52 Å². The van der Waals surface area contributed by atoms with Crippen molar-refractivity contribution in [2.24, 2.45) is 11.8 Å². The lowest BCUT2D eigenvalue weighted by molar-refractivity contribution is -0.121. The number of nitrogens with zero attached hydrogens (tertiary/aromatic N) is 1. The third-order valence-corrected chi connectivity index (χ3v) is 7.79. The van der Waals surface area contributed by atoms with Gasteiger partial charge >= 0.3 is 0 Å². The lowest BCUT2D eigenvalue weighted by Gasteiger charge is -2.20. The first-order valence-corrected chi connectivity index (χ1v) is 13.3. The van der Waals surface area contributed by atoms with Crippen LogP contribution in [0.3, 0.4) is 0 Å². The minimum Gasteiger partial charge on any atom is -0.338 e. The van der Waals surface area contributed by atoms with Crippen LogP contribution in [-0.4, -0.2) is 21.8 Å². The Balaban J connectivity index is 1.29. The standard InChI is InChI=1S/C27H31BrN4O2/c28-22-15-21(30-27(34)19-9-5-2-6-10-19)16-23-24(22)32-25(31-23)17-11-13-20(14-12-17)29-26(33)18-7-3-1-4-8-18/h11-16,18-19H,1-10H2,(H,29,33)(H,30,34)(H,31,32). The van der Waals surface area contributed by atoms with Crippen LogP contribution in [0.4, 0.5) is 11.4 Å². The number of rotatable bonds is 5. The van der Waals surface area contributed by atoms with Gasteiger partial charge in [-0.2, -0.15) is 0 Å². The maximum atomic E-state index is 12.7. The van der Waals surface area contributed by atoms with Crippen molar-refractivity contribution in [3.8, 4) is 11.4 Å². The number of aromatic amines is 1. The summed E-state index contributed by atoms with van der Waals surface area (Å²) in [6.45, 7) is 0. The van der Waals surface area contributed by atoms with E-state index in [1.165, 1.54) is 12.8 Å². The highest BCUT2D eigenvalue weighted by atomic mass is 79.9. The van der Waals surface area contributed by atoms with Crippen LogP contribution in [-0.2, 0) is 9.59 Å². The van der Waals surface area contributed by atoms with Crippen molar-refractivity contribution >= 4 is 50.2 Å². The number of fused-ring (bicyclic) bond motifs is 1. The second-order valence-corrected chi connectivity index (χ2v) is 10.5. The fourth-order valence-corrected chi connectivity index (χ4v) is 5.76. The van der Waals surface area contributed by atoms with Crippen LogP contribution in [0, 0.1) is 11.8 Å². The Morgan fingerprint density at radius 3 is 1.94 bits per heavy atom. The van der Waals surface area contributed by atoms with Gasteiger partial charge in [-0.25, -0.2) is 4.98 Å². The summed E-state index contributed by atoms with van der Waals surface area (Å²) in [5.74, 6) is 1.22. The molecule has 0 unspecified atom stereocenters. The van der Waals surface area contributed by atoms with Crippen LogP contribution >= 0.6 is 15.9 Å². The summed E-state index contributed by atoms with van der Waals surface area (Å²) >= 11 is 3.61. The van der Waals surface area contributed by atoms with Crippen molar-refractivity contribution in [2.75, 3.05) is 10.6 Å². The molecule has 0 atom stereocenters. The molecular weight excluding hydrogens is 492 g/mol. The van der Waals surface area contributed by atoms with Gasteiger partial charge in [0.15, 0.2) is 0 Å². The van der Waals surface area contributed by atoms with Crippen molar-refractivity contribution in [1.29, 1.82) is 0 Å². The van der Waals surface area contributed by atoms with E-state index in [2.05, 4.69) is 31.5 Å². The molecule has 2 aliphatic carbocycles. The Labute approximate surface area is 208 Å². The molecule has 2 aliphatic rings. The number of anilines is 2. The van der Waals surface area contributed by atoms with E-state index in [1.54, 1.807) is 0 Å². The van der Waals surface area contributed by atoms with Crippen molar-refractivity contribution in [3.05, 3.63) is 40.9 Å². The minimum absolute atomic E-state index is 0.108. The predicted octanol–water partition coefficient (Wildman–Crippen LogP) is 7.03. The molecule has 6 nitrogen and oxygen atoms in total. The topological polar surface area (TPSA) is 86.9 Å². The summed E-state index contributed by atoms with van der Waals surface area (Å²) < 4.78 is 0.836. The summed E-state index contributed by atoms with van der Waals surface area (Å²) in [5.41, 5.74) is 4.19. The number of benzene rings is 2. The Bertz CT molecular complexity index is 1180. The summed E-state index contributed by atoms with van der Waals surface area (Å²) in [4.78, 5) is 33.3. The van der Waals surface area contributed by atoms with Crippen molar-refractivity contribution in [3.63, 3.8) is 0 Å². The Morgan fingerprint density at radius 2 is 1.35 bits per heavy atom. The summed E-state index contributed by atoms with van der Waals surface area (Å²) in [6, 6.07) is 11.6. The number of amides is 2. The molecule has 0 saturated heterocycles. The fourth-order valence-electron chi connectivity index (χ4n) is 5.21. The molecule has 5 rings (SSSR count). The Hall–Kier alpha value is -2.67. The number of carbonyl (C=O) groups is 2. The SMILES string of the molecule is O=C(Nc1ccc(-c2nc3c(Br)cc(NC(=O)C4CCCCC4)cc3[nH]2)cc1)C1CCCCC1. The number of halogens is 1. The quantitative estimate of drug-likeness (QED) is 0.336. The smallest absolute Gasteiger partial charge is 0.227 e. The number of hydrogen-bond acceptors (Lipinski definition) is 3. The van der Waals surface area contributed by atoms with Crippen molar-refractivity contribution in [2.45, 2.75) is 64.2 Å². The van der Waals surface area contributed by atoms with E-state index < -0.39 is 0 Å². The molecule has 178 valence electrons. The van der Waals surface area contributed by atoms with E-state index in [9.17, 15) is 9.59 Å². The van der Waals surface area contributed by atoms with Gasteiger partial charge in [-0.3, -0.25) is 9.59 Å². The molecule has 0 spiro atoms. The van der Waals surface area contributed by atoms with E-state index in [4.69, 9.17) is 4.98 Å². The molecule has 0 aliphatic heterocycles. The van der Waals surface area contributed by atoms with Gasteiger partial charge in [-0.15, -0.1) is 0 Å². The van der Waals surface area contributed by atoms with E-state index in [0.29, 0.717) is 0 Å². The van der Waals surface area contributed by atoms with Crippen molar-refractivity contribution in [1.82, 2.24) is 9.97 Å². The van der Waals surface area contributed by atoms with Gasteiger partial charge in [-0.05, 0) is 78.0 Å². The summed E-state index contributed by atoms with van der Waals surface area (Å²) in [5, 5.41) is 6.15. The van der Waals surface area contributed by atoms with Gasteiger partial charge < -0.3 is 15.6 Å². The Morgan fingerprint density at radius 1 is 0.794 bits per heavy atom. The average molecular weight is 523 g/mol. The molecule has 0 bridgehead atoms. The maximum Gasteiger partial charge on any atom is 0.227 e. The molecule has 1 aromatic heterocycles. The molecule has 2 aromatic carbocycles. The Kier molecular flexibility index (Phi) is 6.99. The number of imidazole rings is 1. The van der Waals surface area contributed by atoms with E-state index in [0.717, 1.165) is 89.6 Å². The summed E-state index contributed by atoms with van der Waals surface area (Å²) in [6.07, 6.45) is 10.9. The fraction of sp³-hybridized carbons (Fsp3) is 0.444. The first-order valence-electron chi connectivity index (χ1n) is 12.5.